The van der Waals surface area contributed by atoms with Crippen molar-refractivity contribution in [2.45, 2.75) is 24.7 Å². The van der Waals surface area contributed by atoms with E-state index in [1.165, 1.54) is 16.9 Å². The highest BCUT2D eigenvalue weighted by Crippen LogP contribution is 2.37. The Hall–Kier alpha value is -0.920. The van der Waals surface area contributed by atoms with Crippen molar-refractivity contribution in [3.8, 4) is 0 Å². The zero-order chi connectivity index (χ0) is 16.6. The Morgan fingerprint density at radius 1 is 1.21 bits per heavy atom. The number of nitrogens with zero attached hydrogens (tertiary/aromatic N) is 1. The minimum absolute atomic E-state index is 0. The van der Waals surface area contributed by atoms with Crippen molar-refractivity contribution in [2.75, 3.05) is 19.6 Å². The Morgan fingerprint density at radius 2 is 1.88 bits per heavy atom. The van der Waals surface area contributed by atoms with Gasteiger partial charge in [-0.25, -0.2) is 8.42 Å². The zero-order valence-electron chi connectivity index (χ0n) is 13.8. The lowest BCUT2D eigenvalue weighted by Gasteiger charge is -2.17. The molecule has 2 N–H and O–H groups in total. The molecule has 7 heteroatoms. The molecule has 1 fully saturated rings. The summed E-state index contributed by atoms with van der Waals surface area (Å²) < 4.78 is 27.6. The van der Waals surface area contributed by atoms with E-state index in [0.717, 1.165) is 9.75 Å². The van der Waals surface area contributed by atoms with Crippen LogP contribution in [-0.2, 0) is 10.0 Å². The van der Waals surface area contributed by atoms with Gasteiger partial charge in [-0.05, 0) is 37.9 Å². The quantitative estimate of drug-likeness (QED) is 0.877. The largest absolute Gasteiger partial charge is 0.330 e. The Bertz CT molecular complexity index is 790. The topological polar surface area (TPSA) is 63.4 Å². The normalized spacial score (nSPS) is 21.6. The maximum atomic E-state index is 13.0. The molecule has 1 saturated heterocycles. The van der Waals surface area contributed by atoms with Crippen LogP contribution in [0.3, 0.4) is 0 Å². The molecule has 0 amide bonds. The van der Waals surface area contributed by atoms with E-state index in [1.54, 1.807) is 10.4 Å². The van der Waals surface area contributed by atoms with Gasteiger partial charge in [-0.3, -0.25) is 0 Å². The average Bonchev–Trinajstić information content (AvgIpc) is 3.12. The van der Waals surface area contributed by atoms with Crippen molar-refractivity contribution in [2.24, 2.45) is 11.7 Å². The molecule has 132 valence electrons. The van der Waals surface area contributed by atoms with Crippen LogP contribution in [0.25, 0.3) is 0 Å². The Labute approximate surface area is 154 Å². The molecule has 1 aromatic heterocycles. The molecule has 0 unspecified atom stereocenters. The smallest absolute Gasteiger partial charge is 0.244 e. The van der Waals surface area contributed by atoms with Crippen LogP contribution in [0.2, 0.25) is 0 Å². The van der Waals surface area contributed by atoms with Gasteiger partial charge in [-0.15, -0.1) is 23.7 Å². The molecule has 2 atom stereocenters. The van der Waals surface area contributed by atoms with Crippen molar-refractivity contribution in [3.05, 3.63) is 51.7 Å². The van der Waals surface area contributed by atoms with Gasteiger partial charge in [0.15, 0.2) is 0 Å². The SMILES string of the molecule is Cc1cc(S(=O)(=O)N2C[C@@H](CN)[C@H](c3ccccc3)C2)c(C)s1.Cl. The number of benzene rings is 1. The molecular formula is C17H23ClN2O2S2. The van der Waals surface area contributed by atoms with Gasteiger partial charge in [0.2, 0.25) is 10.0 Å². The van der Waals surface area contributed by atoms with E-state index in [9.17, 15) is 8.42 Å². The van der Waals surface area contributed by atoms with Crippen LogP contribution in [0, 0.1) is 19.8 Å². The number of nitrogens with two attached hydrogens (primary N) is 1. The maximum absolute atomic E-state index is 13.0. The van der Waals surface area contributed by atoms with Gasteiger partial charge >= 0.3 is 0 Å². The summed E-state index contributed by atoms with van der Waals surface area (Å²) in [4.78, 5) is 2.33. The van der Waals surface area contributed by atoms with Gasteiger partial charge < -0.3 is 5.73 Å². The summed E-state index contributed by atoms with van der Waals surface area (Å²) in [5, 5.41) is 0. The predicted molar refractivity (Wildman–Crippen MR) is 102 cm³/mol. The maximum Gasteiger partial charge on any atom is 0.244 e. The van der Waals surface area contributed by atoms with Gasteiger partial charge in [-0.2, -0.15) is 4.31 Å². The first-order chi connectivity index (χ1) is 10.9. The summed E-state index contributed by atoms with van der Waals surface area (Å²) in [7, 11) is -3.44. The molecular weight excluding hydrogens is 364 g/mol. The summed E-state index contributed by atoms with van der Waals surface area (Å²) in [6, 6.07) is 11.9. The Balaban J connectivity index is 0.00000208. The van der Waals surface area contributed by atoms with Crippen LogP contribution in [-0.4, -0.2) is 32.4 Å². The molecule has 1 aromatic carbocycles. The zero-order valence-corrected chi connectivity index (χ0v) is 16.3. The lowest BCUT2D eigenvalue weighted by molar-refractivity contribution is 0.459. The van der Waals surface area contributed by atoms with Gasteiger partial charge in [0.25, 0.3) is 0 Å². The molecule has 24 heavy (non-hydrogen) atoms. The van der Waals surface area contributed by atoms with E-state index >= 15 is 0 Å². The van der Waals surface area contributed by atoms with Gasteiger partial charge in [-0.1, -0.05) is 30.3 Å². The molecule has 3 rings (SSSR count). The second kappa shape index (κ2) is 7.54. The third-order valence-electron chi connectivity index (χ3n) is 4.55. The second-order valence-electron chi connectivity index (χ2n) is 6.11. The van der Waals surface area contributed by atoms with Crippen molar-refractivity contribution in [3.63, 3.8) is 0 Å². The van der Waals surface area contributed by atoms with E-state index in [1.807, 2.05) is 32.0 Å². The highest BCUT2D eigenvalue weighted by molar-refractivity contribution is 7.89. The highest BCUT2D eigenvalue weighted by Gasteiger charge is 2.40. The molecule has 0 spiro atoms. The number of halogens is 1. The van der Waals surface area contributed by atoms with Crippen molar-refractivity contribution in [1.29, 1.82) is 0 Å². The lowest BCUT2D eigenvalue weighted by atomic mass is 9.89. The second-order valence-corrected chi connectivity index (χ2v) is 9.48. The van der Waals surface area contributed by atoms with Gasteiger partial charge in [0.05, 0.1) is 4.90 Å². The molecule has 2 aromatic rings. The van der Waals surface area contributed by atoms with Crippen LogP contribution in [0.15, 0.2) is 41.3 Å². The number of hydrogen-bond donors (Lipinski definition) is 1. The van der Waals surface area contributed by atoms with E-state index in [0.29, 0.717) is 24.5 Å². The number of sulfonamides is 1. The van der Waals surface area contributed by atoms with Crippen molar-refractivity contribution < 1.29 is 8.42 Å². The van der Waals surface area contributed by atoms with E-state index in [-0.39, 0.29) is 24.2 Å². The molecule has 4 nitrogen and oxygen atoms in total. The Kier molecular flexibility index (Phi) is 6.09. The third kappa shape index (κ3) is 3.53. The molecule has 0 saturated carbocycles. The summed E-state index contributed by atoms with van der Waals surface area (Å²) in [5.74, 6) is 0.322. The predicted octanol–water partition coefficient (Wildman–Crippen LogP) is 3.15. The Morgan fingerprint density at radius 3 is 2.42 bits per heavy atom. The minimum atomic E-state index is -3.44. The van der Waals surface area contributed by atoms with Crippen LogP contribution < -0.4 is 5.73 Å². The average molecular weight is 387 g/mol. The fourth-order valence-electron chi connectivity index (χ4n) is 3.35. The van der Waals surface area contributed by atoms with Crippen LogP contribution in [0.4, 0.5) is 0 Å². The van der Waals surface area contributed by atoms with E-state index < -0.39 is 10.0 Å². The fraction of sp³-hybridized carbons (Fsp3) is 0.412. The first-order valence-electron chi connectivity index (χ1n) is 7.75. The van der Waals surface area contributed by atoms with E-state index in [4.69, 9.17) is 5.73 Å². The molecule has 1 aliphatic rings. The number of thiophene rings is 1. The standard InChI is InChI=1S/C17H22N2O2S2.ClH/c1-12-8-17(13(2)22-12)23(20,21)19-10-15(9-18)16(11-19)14-6-4-3-5-7-14;/h3-8,15-16H,9-11,18H2,1-2H3;1H/t15-,16+;/m1./s1. The van der Waals surface area contributed by atoms with Gasteiger partial charge in [0, 0.05) is 28.8 Å². The molecule has 0 aliphatic carbocycles. The first kappa shape index (κ1) is 19.4. The van der Waals surface area contributed by atoms with Crippen LogP contribution in [0.1, 0.15) is 21.2 Å². The summed E-state index contributed by atoms with van der Waals surface area (Å²) in [6.45, 7) is 5.30. The molecule has 2 heterocycles. The van der Waals surface area contributed by atoms with Gasteiger partial charge in [0.1, 0.15) is 0 Å². The molecule has 1 aliphatic heterocycles. The fourth-order valence-corrected chi connectivity index (χ4v) is 6.39. The number of aryl methyl sites for hydroxylation is 2. The summed E-state index contributed by atoms with van der Waals surface area (Å²) in [5.41, 5.74) is 7.09. The monoisotopic (exact) mass is 386 g/mol. The van der Waals surface area contributed by atoms with Crippen LogP contribution >= 0.6 is 23.7 Å². The van der Waals surface area contributed by atoms with Crippen molar-refractivity contribution in [1.82, 2.24) is 4.31 Å². The number of hydrogen-bond acceptors (Lipinski definition) is 4. The molecule has 0 bridgehead atoms. The van der Waals surface area contributed by atoms with Crippen molar-refractivity contribution >= 4 is 33.8 Å². The third-order valence-corrected chi connectivity index (χ3v) is 7.60. The van der Waals surface area contributed by atoms with E-state index in [2.05, 4.69) is 12.1 Å². The lowest BCUT2D eigenvalue weighted by Crippen LogP contribution is -2.30. The summed E-state index contributed by atoms with van der Waals surface area (Å²) in [6.07, 6.45) is 0. The first-order valence-corrected chi connectivity index (χ1v) is 10.0. The molecule has 0 radical (unpaired) electrons. The number of rotatable bonds is 4. The summed E-state index contributed by atoms with van der Waals surface area (Å²) >= 11 is 1.53. The van der Waals surface area contributed by atoms with Crippen LogP contribution in [0.5, 0.6) is 0 Å². The minimum Gasteiger partial charge on any atom is -0.330 e. The highest BCUT2D eigenvalue weighted by atomic mass is 35.5.